The molecule has 1 aliphatic rings. The molecule has 6 nitrogen and oxygen atoms in total. The minimum atomic E-state index is -0.0332. The van der Waals surface area contributed by atoms with Gasteiger partial charge in [0.15, 0.2) is 5.69 Å². The fourth-order valence-corrected chi connectivity index (χ4v) is 5.21. The van der Waals surface area contributed by atoms with Crippen molar-refractivity contribution in [3.8, 4) is 5.69 Å². The zero-order valence-electron chi connectivity index (χ0n) is 17.1. The number of likely N-dealkylation sites (tertiary alicyclic amines) is 1. The molecule has 0 atom stereocenters. The Morgan fingerprint density at radius 1 is 1.07 bits per heavy atom. The smallest absolute Gasteiger partial charge is 0.276 e. The van der Waals surface area contributed by atoms with Crippen LogP contribution in [-0.2, 0) is 0 Å². The van der Waals surface area contributed by atoms with Crippen molar-refractivity contribution in [3.63, 3.8) is 0 Å². The van der Waals surface area contributed by atoms with Crippen molar-refractivity contribution in [2.75, 3.05) is 13.1 Å². The summed E-state index contributed by atoms with van der Waals surface area (Å²) >= 11 is 1.77. The second-order valence-electron chi connectivity index (χ2n) is 7.86. The molecule has 4 aromatic rings. The van der Waals surface area contributed by atoms with Gasteiger partial charge in [-0.05, 0) is 56.5 Å². The monoisotopic (exact) mass is 417 g/mol. The molecular weight excluding hydrogens is 394 g/mol. The summed E-state index contributed by atoms with van der Waals surface area (Å²) < 4.78 is 2.98. The first-order valence-electron chi connectivity index (χ1n) is 10.2. The molecule has 5 rings (SSSR count). The Bertz CT molecular complexity index is 1190. The van der Waals surface area contributed by atoms with Gasteiger partial charge in [0.25, 0.3) is 5.91 Å². The number of aromatic nitrogens is 4. The van der Waals surface area contributed by atoms with Crippen LogP contribution in [0.2, 0.25) is 0 Å². The van der Waals surface area contributed by atoms with Crippen molar-refractivity contribution >= 4 is 27.5 Å². The van der Waals surface area contributed by atoms with Crippen LogP contribution in [0.5, 0.6) is 0 Å². The highest BCUT2D eigenvalue weighted by atomic mass is 32.1. The van der Waals surface area contributed by atoms with Gasteiger partial charge in [0.2, 0.25) is 0 Å². The number of carbonyl (C=O) groups is 1. The summed E-state index contributed by atoms with van der Waals surface area (Å²) in [7, 11) is 0. The van der Waals surface area contributed by atoms with Crippen LogP contribution < -0.4 is 0 Å². The molecule has 7 heteroatoms. The second kappa shape index (κ2) is 7.65. The molecule has 0 saturated carbocycles. The van der Waals surface area contributed by atoms with Gasteiger partial charge in [-0.3, -0.25) is 4.79 Å². The van der Waals surface area contributed by atoms with Gasteiger partial charge < -0.3 is 4.90 Å². The quantitative estimate of drug-likeness (QED) is 0.492. The van der Waals surface area contributed by atoms with E-state index < -0.39 is 0 Å². The molecule has 0 spiro atoms. The van der Waals surface area contributed by atoms with E-state index in [-0.39, 0.29) is 5.91 Å². The first-order valence-corrected chi connectivity index (χ1v) is 11.1. The number of piperidine rings is 1. The predicted molar refractivity (Wildman–Crippen MR) is 118 cm³/mol. The normalized spacial score (nSPS) is 15.1. The number of hydrogen-bond acceptors (Lipinski definition) is 5. The van der Waals surface area contributed by atoms with Crippen LogP contribution in [0, 0.1) is 13.8 Å². The van der Waals surface area contributed by atoms with E-state index in [9.17, 15) is 4.79 Å². The predicted octanol–water partition coefficient (Wildman–Crippen LogP) is 4.51. The van der Waals surface area contributed by atoms with Gasteiger partial charge >= 0.3 is 0 Å². The highest BCUT2D eigenvalue weighted by Crippen LogP contribution is 2.34. The van der Waals surface area contributed by atoms with Gasteiger partial charge in [-0.15, -0.1) is 16.4 Å². The van der Waals surface area contributed by atoms with E-state index in [4.69, 9.17) is 4.98 Å². The standard InChI is InChI=1S/C23H23N5OS/c1-15-6-5-7-18(14-15)28-16(2)21(25-26-28)23(29)27-12-10-17(11-13-27)22-24-19-8-3-4-9-20(19)30-22/h3-9,14,17H,10-13H2,1-2H3. The maximum Gasteiger partial charge on any atom is 0.276 e. The van der Waals surface area contributed by atoms with Crippen molar-refractivity contribution in [2.24, 2.45) is 0 Å². The van der Waals surface area contributed by atoms with E-state index in [0.717, 1.165) is 48.4 Å². The Labute approximate surface area is 179 Å². The topological polar surface area (TPSA) is 63.9 Å². The Kier molecular flexibility index (Phi) is 4.83. The number of thiazole rings is 1. The number of hydrogen-bond donors (Lipinski definition) is 0. The van der Waals surface area contributed by atoms with Gasteiger partial charge in [-0.1, -0.05) is 29.5 Å². The SMILES string of the molecule is Cc1cccc(-n2nnc(C(=O)N3CCC(c4nc5ccccc5s4)CC3)c2C)c1. The first kappa shape index (κ1) is 18.9. The Balaban J connectivity index is 1.30. The average Bonchev–Trinajstić information content (AvgIpc) is 3.37. The third kappa shape index (κ3) is 3.39. The van der Waals surface area contributed by atoms with E-state index in [1.165, 1.54) is 9.71 Å². The summed E-state index contributed by atoms with van der Waals surface area (Å²) in [6.45, 7) is 5.38. The number of para-hydroxylation sites is 1. The summed E-state index contributed by atoms with van der Waals surface area (Å²) in [6.07, 6.45) is 1.85. The van der Waals surface area contributed by atoms with Gasteiger partial charge in [0, 0.05) is 19.0 Å². The molecule has 1 amide bonds. The van der Waals surface area contributed by atoms with Crippen molar-refractivity contribution in [1.82, 2.24) is 24.9 Å². The van der Waals surface area contributed by atoms with Crippen LogP contribution >= 0.6 is 11.3 Å². The van der Waals surface area contributed by atoms with Crippen LogP contribution in [-0.4, -0.2) is 43.9 Å². The molecule has 0 bridgehead atoms. The van der Waals surface area contributed by atoms with Gasteiger partial charge in [-0.25, -0.2) is 9.67 Å². The van der Waals surface area contributed by atoms with Crippen LogP contribution in [0.4, 0.5) is 0 Å². The molecule has 3 heterocycles. The number of aryl methyl sites for hydroxylation is 1. The highest BCUT2D eigenvalue weighted by molar-refractivity contribution is 7.18. The summed E-state index contributed by atoms with van der Waals surface area (Å²) in [5.41, 5.74) is 4.36. The maximum atomic E-state index is 13.1. The lowest BCUT2D eigenvalue weighted by Gasteiger charge is -2.30. The summed E-state index contributed by atoms with van der Waals surface area (Å²) in [4.78, 5) is 19.8. The van der Waals surface area contributed by atoms with Crippen molar-refractivity contribution in [2.45, 2.75) is 32.6 Å². The molecule has 30 heavy (non-hydrogen) atoms. The lowest BCUT2D eigenvalue weighted by atomic mass is 9.97. The van der Waals surface area contributed by atoms with Gasteiger partial charge in [0.1, 0.15) is 0 Å². The zero-order valence-corrected chi connectivity index (χ0v) is 17.9. The van der Waals surface area contributed by atoms with Crippen molar-refractivity contribution in [3.05, 3.63) is 70.5 Å². The zero-order chi connectivity index (χ0) is 20.7. The molecule has 2 aromatic carbocycles. The molecular formula is C23H23N5OS. The van der Waals surface area contributed by atoms with Crippen molar-refractivity contribution in [1.29, 1.82) is 0 Å². The van der Waals surface area contributed by atoms with E-state index in [1.807, 2.05) is 49.1 Å². The van der Waals surface area contributed by atoms with Crippen LogP contribution in [0.1, 0.15) is 45.5 Å². The Hall–Kier alpha value is -3.06. The Morgan fingerprint density at radius 2 is 1.87 bits per heavy atom. The fourth-order valence-electron chi connectivity index (χ4n) is 4.08. The number of carbonyl (C=O) groups excluding carboxylic acids is 1. The maximum absolute atomic E-state index is 13.1. The Morgan fingerprint density at radius 3 is 2.63 bits per heavy atom. The fraction of sp³-hybridized carbons (Fsp3) is 0.304. The number of benzene rings is 2. The van der Waals surface area contributed by atoms with E-state index in [1.54, 1.807) is 16.0 Å². The third-order valence-corrected chi connectivity index (χ3v) is 6.98. The molecule has 0 unspecified atom stereocenters. The third-order valence-electron chi connectivity index (χ3n) is 5.79. The molecule has 152 valence electrons. The van der Waals surface area contributed by atoms with Crippen LogP contribution in [0.25, 0.3) is 15.9 Å². The van der Waals surface area contributed by atoms with E-state index in [0.29, 0.717) is 11.6 Å². The second-order valence-corrected chi connectivity index (χ2v) is 8.92. The minimum absolute atomic E-state index is 0.0332. The van der Waals surface area contributed by atoms with Crippen LogP contribution in [0.15, 0.2) is 48.5 Å². The first-order chi connectivity index (χ1) is 14.6. The molecule has 1 saturated heterocycles. The molecule has 0 aliphatic carbocycles. The average molecular weight is 418 g/mol. The summed E-state index contributed by atoms with van der Waals surface area (Å²) in [6, 6.07) is 16.3. The number of fused-ring (bicyclic) bond motifs is 1. The molecule has 0 radical (unpaired) electrons. The molecule has 1 aliphatic heterocycles. The largest absolute Gasteiger partial charge is 0.337 e. The minimum Gasteiger partial charge on any atom is -0.337 e. The summed E-state index contributed by atoms with van der Waals surface area (Å²) in [5, 5.41) is 9.64. The lowest BCUT2D eigenvalue weighted by Crippen LogP contribution is -2.38. The van der Waals surface area contributed by atoms with Gasteiger partial charge in [0.05, 0.1) is 26.6 Å². The van der Waals surface area contributed by atoms with E-state index >= 15 is 0 Å². The molecule has 0 N–H and O–H groups in total. The highest BCUT2D eigenvalue weighted by Gasteiger charge is 2.29. The molecule has 2 aromatic heterocycles. The summed E-state index contributed by atoms with van der Waals surface area (Å²) in [5.74, 6) is 0.379. The van der Waals surface area contributed by atoms with Crippen molar-refractivity contribution < 1.29 is 4.79 Å². The van der Waals surface area contributed by atoms with Crippen LogP contribution in [0.3, 0.4) is 0 Å². The lowest BCUT2D eigenvalue weighted by molar-refractivity contribution is 0.0706. The number of amides is 1. The van der Waals surface area contributed by atoms with Gasteiger partial charge in [-0.2, -0.15) is 0 Å². The number of nitrogens with zero attached hydrogens (tertiary/aromatic N) is 5. The molecule has 1 fully saturated rings. The number of rotatable bonds is 3. The van der Waals surface area contributed by atoms with E-state index in [2.05, 4.69) is 28.5 Å².